The first-order chi connectivity index (χ1) is 12.6. The van der Waals surface area contributed by atoms with Crippen LogP contribution in [0.2, 0.25) is 5.02 Å². The lowest BCUT2D eigenvalue weighted by atomic mass is 9.98. The summed E-state index contributed by atoms with van der Waals surface area (Å²) in [6.45, 7) is 3.98. The van der Waals surface area contributed by atoms with Crippen molar-refractivity contribution in [2.45, 2.75) is 31.7 Å². The molecule has 0 saturated carbocycles. The number of carbonyl (C=O) groups is 1. The van der Waals surface area contributed by atoms with Crippen LogP contribution >= 0.6 is 11.6 Å². The highest BCUT2D eigenvalue weighted by molar-refractivity contribution is 7.90. The number of alkyl halides is 1. The van der Waals surface area contributed by atoms with Gasteiger partial charge < -0.3 is 0 Å². The van der Waals surface area contributed by atoms with E-state index < -0.39 is 20.9 Å². The molecule has 2 rings (SSSR count). The molecule has 0 aliphatic heterocycles. The third-order valence-electron chi connectivity index (χ3n) is 4.18. The van der Waals surface area contributed by atoms with E-state index in [1.165, 1.54) is 37.8 Å². The quantitative estimate of drug-likeness (QED) is 0.662. The number of nitrogens with zero attached hydrogens (tertiary/aromatic N) is 1. The lowest BCUT2D eigenvalue weighted by molar-refractivity contribution is -0.106. The maximum Gasteiger partial charge on any atom is 0.218 e. The highest BCUT2D eigenvalue weighted by Gasteiger charge is 2.29. The second kappa shape index (κ2) is 8.37. The van der Waals surface area contributed by atoms with Crippen LogP contribution < -0.4 is 9.62 Å². The van der Waals surface area contributed by atoms with Gasteiger partial charge in [-0.25, -0.2) is 17.5 Å². The van der Waals surface area contributed by atoms with Crippen molar-refractivity contribution < 1.29 is 17.6 Å². The van der Waals surface area contributed by atoms with E-state index in [1.54, 1.807) is 36.4 Å². The largest absolute Gasteiger partial charge is 0.284 e. The van der Waals surface area contributed by atoms with Crippen molar-refractivity contribution in [2.75, 3.05) is 11.4 Å². The molecule has 146 valence electrons. The first-order valence-electron chi connectivity index (χ1n) is 8.35. The van der Waals surface area contributed by atoms with Crippen molar-refractivity contribution in [1.82, 2.24) is 4.72 Å². The van der Waals surface area contributed by atoms with Crippen LogP contribution in [0.4, 0.5) is 15.8 Å². The minimum atomic E-state index is -3.56. The molecule has 2 aromatic carbocycles. The number of halogens is 2. The number of carbonyl (C=O) groups excluding carboxylic acids is 1. The Morgan fingerprint density at radius 2 is 1.59 bits per heavy atom. The standard InChI is InChI=1S/C19H22ClFN2O3S/c1-14(2)27(25,26)22-12-19(3,21)15-4-8-17(9-5-15)23(13-24)18-10-6-16(20)7-11-18/h4-11,13-14,22H,12H2,1-3H3. The van der Waals surface area contributed by atoms with Crippen molar-refractivity contribution in [2.24, 2.45) is 0 Å². The van der Waals surface area contributed by atoms with Gasteiger partial charge in [-0.3, -0.25) is 9.69 Å². The molecule has 8 heteroatoms. The first-order valence-corrected chi connectivity index (χ1v) is 10.3. The smallest absolute Gasteiger partial charge is 0.218 e. The van der Waals surface area contributed by atoms with Crippen LogP contribution in [0.15, 0.2) is 48.5 Å². The van der Waals surface area contributed by atoms with Crippen LogP contribution in [0.25, 0.3) is 0 Å². The number of amides is 1. The Balaban J connectivity index is 2.19. The zero-order chi connectivity index (χ0) is 20.2. The fraction of sp³-hybridized carbons (Fsp3) is 0.316. The van der Waals surface area contributed by atoms with Gasteiger partial charge in [-0.2, -0.15) is 0 Å². The molecule has 0 radical (unpaired) electrons. The average Bonchev–Trinajstić information content (AvgIpc) is 2.63. The number of hydrogen-bond donors (Lipinski definition) is 1. The Morgan fingerprint density at radius 3 is 2.04 bits per heavy atom. The lowest BCUT2D eigenvalue weighted by Crippen LogP contribution is -2.39. The topological polar surface area (TPSA) is 66.5 Å². The van der Waals surface area contributed by atoms with Gasteiger partial charge in [-0.05, 0) is 62.7 Å². The van der Waals surface area contributed by atoms with Gasteiger partial charge in [0.2, 0.25) is 16.4 Å². The number of nitrogens with one attached hydrogen (secondary N) is 1. The number of hydrogen-bond acceptors (Lipinski definition) is 3. The summed E-state index contributed by atoms with van der Waals surface area (Å²) in [6, 6.07) is 13.0. The summed E-state index contributed by atoms with van der Waals surface area (Å²) < 4.78 is 40.9. The molecule has 0 bridgehead atoms. The van der Waals surface area contributed by atoms with Gasteiger partial charge in [-0.15, -0.1) is 0 Å². The summed E-state index contributed by atoms with van der Waals surface area (Å²) in [6.07, 6.45) is 0.656. The van der Waals surface area contributed by atoms with Crippen LogP contribution in [0.1, 0.15) is 26.3 Å². The summed E-state index contributed by atoms with van der Waals surface area (Å²) >= 11 is 5.86. The van der Waals surface area contributed by atoms with Gasteiger partial charge in [0.1, 0.15) is 5.67 Å². The fourth-order valence-electron chi connectivity index (χ4n) is 2.35. The molecule has 27 heavy (non-hydrogen) atoms. The molecule has 0 aliphatic carbocycles. The molecule has 0 spiro atoms. The van der Waals surface area contributed by atoms with Crippen LogP contribution in [0.5, 0.6) is 0 Å². The maximum absolute atomic E-state index is 15.0. The molecule has 0 aliphatic rings. The molecule has 1 unspecified atom stereocenters. The van der Waals surface area contributed by atoms with Crippen molar-refractivity contribution in [1.29, 1.82) is 0 Å². The second-order valence-electron chi connectivity index (χ2n) is 6.61. The van der Waals surface area contributed by atoms with E-state index in [4.69, 9.17) is 11.6 Å². The predicted octanol–water partition coefficient (Wildman–Crippen LogP) is 4.15. The summed E-state index contributed by atoms with van der Waals surface area (Å²) in [5, 5.41) is -0.0896. The van der Waals surface area contributed by atoms with E-state index >= 15 is 0 Å². The summed E-state index contributed by atoms with van der Waals surface area (Å²) in [5.74, 6) is 0. The highest BCUT2D eigenvalue weighted by Crippen LogP contribution is 2.30. The normalized spacial score (nSPS) is 14.0. The predicted molar refractivity (Wildman–Crippen MR) is 107 cm³/mol. The molecule has 0 fully saturated rings. The van der Waals surface area contributed by atoms with Gasteiger partial charge in [0, 0.05) is 22.9 Å². The Hall–Kier alpha value is -1.96. The Morgan fingerprint density at radius 1 is 1.11 bits per heavy atom. The number of anilines is 2. The SMILES string of the molecule is CC(C)S(=O)(=O)NCC(C)(F)c1ccc(N(C=O)c2ccc(Cl)cc2)cc1. The van der Waals surface area contributed by atoms with Gasteiger partial charge in [-0.1, -0.05) is 23.7 Å². The highest BCUT2D eigenvalue weighted by atomic mass is 35.5. The molecule has 5 nitrogen and oxygen atoms in total. The Kier molecular flexibility index (Phi) is 6.62. The van der Waals surface area contributed by atoms with Crippen LogP contribution in [-0.2, 0) is 20.5 Å². The monoisotopic (exact) mass is 412 g/mol. The van der Waals surface area contributed by atoms with E-state index in [0.29, 0.717) is 28.4 Å². The van der Waals surface area contributed by atoms with E-state index in [2.05, 4.69) is 4.72 Å². The molecule has 0 aromatic heterocycles. The van der Waals surface area contributed by atoms with Crippen molar-refractivity contribution >= 4 is 39.4 Å². The fourth-order valence-corrected chi connectivity index (χ4v) is 3.28. The van der Waals surface area contributed by atoms with E-state index in [0.717, 1.165) is 0 Å². The Bertz CT molecular complexity index is 882. The molecular weight excluding hydrogens is 391 g/mol. The molecule has 1 atom stereocenters. The molecule has 1 amide bonds. The summed E-state index contributed by atoms with van der Waals surface area (Å²) in [5.41, 5.74) is -0.420. The third-order valence-corrected chi connectivity index (χ3v) is 6.22. The van der Waals surface area contributed by atoms with Crippen LogP contribution in [0.3, 0.4) is 0 Å². The van der Waals surface area contributed by atoms with Crippen molar-refractivity contribution in [3.8, 4) is 0 Å². The zero-order valence-electron chi connectivity index (χ0n) is 15.3. The van der Waals surface area contributed by atoms with Crippen molar-refractivity contribution in [3.63, 3.8) is 0 Å². The lowest BCUT2D eigenvalue weighted by Gasteiger charge is -2.23. The van der Waals surface area contributed by atoms with Crippen LogP contribution in [-0.4, -0.2) is 26.6 Å². The zero-order valence-corrected chi connectivity index (χ0v) is 16.9. The minimum Gasteiger partial charge on any atom is -0.284 e. The summed E-state index contributed by atoms with van der Waals surface area (Å²) in [7, 11) is -3.56. The van der Waals surface area contributed by atoms with Crippen LogP contribution in [0, 0.1) is 0 Å². The summed E-state index contributed by atoms with van der Waals surface area (Å²) in [4.78, 5) is 12.9. The van der Waals surface area contributed by atoms with E-state index in [-0.39, 0.29) is 6.54 Å². The number of benzene rings is 2. The minimum absolute atomic E-state index is 0.305. The van der Waals surface area contributed by atoms with Gasteiger partial charge >= 0.3 is 0 Å². The number of rotatable bonds is 8. The molecule has 1 N–H and O–H groups in total. The molecule has 0 heterocycles. The third kappa shape index (κ3) is 5.28. The Labute approximate surface area is 164 Å². The van der Waals surface area contributed by atoms with E-state index in [1.807, 2.05) is 0 Å². The molecule has 0 saturated heterocycles. The average molecular weight is 413 g/mol. The van der Waals surface area contributed by atoms with Gasteiger partial charge in [0.05, 0.1) is 5.25 Å². The van der Waals surface area contributed by atoms with Crippen molar-refractivity contribution in [3.05, 3.63) is 59.1 Å². The molecular formula is C19H22ClFN2O3S. The maximum atomic E-state index is 15.0. The van der Waals surface area contributed by atoms with Gasteiger partial charge in [0.15, 0.2) is 0 Å². The molecule has 2 aromatic rings. The number of sulfonamides is 1. The first kappa shape index (κ1) is 21.3. The van der Waals surface area contributed by atoms with Gasteiger partial charge in [0.25, 0.3) is 0 Å². The van der Waals surface area contributed by atoms with E-state index in [9.17, 15) is 17.6 Å². The second-order valence-corrected chi connectivity index (χ2v) is 9.37.